The van der Waals surface area contributed by atoms with Gasteiger partial charge in [-0.1, -0.05) is 31.9 Å². The minimum absolute atomic E-state index is 0.128. The van der Waals surface area contributed by atoms with Crippen LogP contribution in [0.25, 0.3) is 0 Å². The van der Waals surface area contributed by atoms with E-state index in [4.69, 9.17) is 9.84 Å². The van der Waals surface area contributed by atoms with Crippen molar-refractivity contribution in [1.82, 2.24) is 0 Å². The molecule has 13 heavy (non-hydrogen) atoms. The molecule has 1 N–H and O–H groups in total. The second kappa shape index (κ2) is 7.10. The fourth-order valence-corrected chi connectivity index (χ4v) is 1.34. The molecular weight excluding hydrogens is 164 g/mol. The predicted octanol–water partition coefficient (Wildman–Crippen LogP) is 2.38. The minimum Gasteiger partial charge on any atom is -0.392 e. The Labute approximate surface area is 81.6 Å². The van der Waals surface area contributed by atoms with Crippen LogP contribution in [-0.2, 0) is 4.74 Å². The highest BCUT2D eigenvalue weighted by Gasteiger charge is 2.14. The highest BCUT2D eigenvalue weighted by Crippen LogP contribution is 2.18. The van der Waals surface area contributed by atoms with E-state index in [1.807, 2.05) is 13.0 Å². The first-order valence-corrected chi connectivity index (χ1v) is 4.94. The van der Waals surface area contributed by atoms with Crippen LogP contribution >= 0.6 is 0 Å². The summed E-state index contributed by atoms with van der Waals surface area (Å²) in [5, 5.41) is 8.70. The molecule has 2 atom stereocenters. The third-order valence-corrected chi connectivity index (χ3v) is 2.54. The smallest absolute Gasteiger partial charge is 0.0633 e. The average Bonchev–Trinajstić information content (AvgIpc) is 2.13. The molecule has 0 heterocycles. The van der Waals surface area contributed by atoms with Gasteiger partial charge in [0.2, 0.25) is 0 Å². The van der Waals surface area contributed by atoms with Crippen molar-refractivity contribution in [2.45, 2.75) is 39.7 Å². The van der Waals surface area contributed by atoms with Crippen molar-refractivity contribution in [2.24, 2.45) is 5.92 Å². The average molecular weight is 186 g/mol. The second-order valence-corrected chi connectivity index (χ2v) is 3.60. The Morgan fingerprint density at radius 1 is 1.54 bits per heavy atom. The largest absolute Gasteiger partial charge is 0.392 e. The Bertz CT molecular complexity index is 152. The summed E-state index contributed by atoms with van der Waals surface area (Å²) in [7, 11) is 1.75. The summed E-state index contributed by atoms with van der Waals surface area (Å²) < 4.78 is 5.40. The van der Waals surface area contributed by atoms with E-state index >= 15 is 0 Å². The molecule has 0 amide bonds. The number of hydrogen-bond acceptors (Lipinski definition) is 2. The molecule has 0 saturated carbocycles. The fraction of sp³-hybridized carbons (Fsp3) is 0.818. The molecule has 0 spiro atoms. The van der Waals surface area contributed by atoms with Crippen LogP contribution in [0.2, 0.25) is 0 Å². The third kappa shape index (κ3) is 5.06. The van der Waals surface area contributed by atoms with Gasteiger partial charge in [-0.05, 0) is 19.3 Å². The Morgan fingerprint density at radius 3 is 2.54 bits per heavy atom. The van der Waals surface area contributed by atoms with E-state index in [9.17, 15) is 0 Å². The van der Waals surface area contributed by atoms with Crippen LogP contribution in [0.5, 0.6) is 0 Å². The SMILES string of the molecule is CCC(C)C(C/C(C)=C/CO)OC. The first-order chi connectivity index (χ1) is 6.15. The summed E-state index contributed by atoms with van der Waals surface area (Å²) in [5.74, 6) is 0.576. The zero-order valence-corrected chi connectivity index (χ0v) is 9.21. The highest BCUT2D eigenvalue weighted by atomic mass is 16.5. The molecule has 0 fully saturated rings. The van der Waals surface area contributed by atoms with Gasteiger partial charge in [-0.3, -0.25) is 0 Å². The molecule has 0 saturated heterocycles. The van der Waals surface area contributed by atoms with E-state index in [0.29, 0.717) is 5.92 Å². The van der Waals surface area contributed by atoms with Crippen LogP contribution in [0.4, 0.5) is 0 Å². The first-order valence-electron chi connectivity index (χ1n) is 4.94. The van der Waals surface area contributed by atoms with Crippen molar-refractivity contribution in [3.8, 4) is 0 Å². The molecule has 0 rings (SSSR count). The minimum atomic E-state index is 0.128. The summed E-state index contributed by atoms with van der Waals surface area (Å²) in [5.41, 5.74) is 1.20. The molecule has 0 bridgehead atoms. The third-order valence-electron chi connectivity index (χ3n) is 2.54. The zero-order valence-electron chi connectivity index (χ0n) is 9.21. The summed E-state index contributed by atoms with van der Waals surface area (Å²) >= 11 is 0. The molecule has 2 heteroatoms. The van der Waals surface area contributed by atoms with Crippen molar-refractivity contribution in [2.75, 3.05) is 13.7 Å². The van der Waals surface area contributed by atoms with E-state index in [-0.39, 0.29) is 12.7 Å². The molecule has 0 aromatic heterocycles. The Balaban J connectivity index is 4.04. The predicted molar refractivity (Wildman–Crippen MR) is 55.7 cm³/mol. The van der Waals surface area contributed by atoms with Gasteiger partial charge >= 0.3 is 0 Å². The van der Waals surface area contributed by atoms with Gasteiger partial charge in [-0.15, -0.1) is 0 Å². The van der Waals surface area contributed by atoms with E-state index in [2.05, 4.69) is 13.8 Å². The lowest BCUT2D eigenvalue weighted by Gasteiger charge is -2.21. The monoisotopic (exact) mass is 186 g/mol. The molecule has 2 unspecified atom stereocenters. The topological polar surface area (TPSA) is 29.5 Å². The Morgan fingerprint density at radius 2 is 2.15 bits per heavy atom. The van der Waals surface area contributed by atoms with Crippen molar-refractivity contribution in [1.29, 1.82) is 0 Å². The lowest BCUT2D eigenvalue weighted by molar-refractivity contribution is 0.0574. The summed E-state index contributed by atoms with van der Waals surface area (Å²) in [6.07, 6.45) is 4.18. The molecule has 78 valence electrons. The highest BCUT2D eigenvalue weighted by molar-refractivity contribution is 5.00. The van der Waals surface area contributed by atoms with Crippen LogP contribution in [0.1, 0.15) is 33.6 Å². The second-order valence-electron chi connectivity index (χ2n) is 3.60. The number of aliphatic hydroxyl groups excluding tert-OH is 1. The van der Waals surface area contributed by atoms with E-state index in [0.717, 1.165) is 12.8 Å². The molecule has 0 aliphatic carbocycles. The van der Waals surface area contributed by atoms with Gasteiger partial charge in [0.25, 0.3) is 0 Å². The summed E-state index contributed by atoms with van der Waals surface area (Å²) in [6.45, 7) is 6.52. The number of aliphatic hydroxyl groups is 1. The molecule has 0 aliphatic rings. The van der Waals surface area contributed by atoms with Gasteiger partial charge in [0.1, 0.15) is 0 Å². The number of hydrogen-bond donors (Lipinski definition) is 1. The Kier molecular flexibility index (Phi) is 6.92. The van der Waals surface area contributed by atoms with E-state index in [1.165, 1.54) is 5.57 Å². The van der Waals surface area contributed by atoms with E-state index in [1.54, 1.807) is 7.11 Å². The van der Waals surface area contributed by atoms with Crippen LogP contribution in [0.15, 0.2) is 11.6 Å². The van der Waals surface area contributed by atoms with Crippen molar-refractivity contribution in [3.63, 3.8) is 0 Å². The maximum Gasteiger partial charge on any atom is 0.0633 e. The van der Waals surface area contributed by atoms with Crippen LogP contribution in [0.3, 0.4) is 0 Å². The molecule has 0 aromatic rings. The summed E-state index contributed by atoms with van der Waals surface area (Å²) in [6, 6.07) is 0. The first kappa shape index (κ1) is 12.7. The lowest BCUT2D eigenvalue weighted by atomic mass is 9.96. The fourth-order valence-electron chi connectivity index (χ4n) is 1.34. The number of rotatable bonds is 6. The van der Waals surface area contributed by atoms with Crippen LogP contribution in [-0.4, -0.2) is 24.9 Å². The van der Waals surface area contributed by atoms with E-state index < -0.39 is 0 Å². The zero-order chi connectivity index (χ0) is 10.3. The quantitative estimate of drug-likeness (QED) is 0.645. The molecule has 0 aliphatic heterocycles. The van der Waals surface area contributed by atoms with Crippen molar-refractivity contribution < 1.29 is 9.84 Å². The molecular formula is C11H22O2. The maximum absolute atomic E-state index is 8.70. The van der Waals surface area contributed by atoms with Gasteiger partial charge in [0, 0.05) is 7.11 Å². The molecule has 0 aromatic carbocycles. The molecule has 0 radical (unpaired) electrons. The number of methoxy groups -OCH3 is 1. The van der Waals surface area contributed by atoms with Gasteiger partial charge in [-0.25, -0.2) is 0 Å². The van der Waals surface area contributed by atoms with Crippen molar-refractivity contribution >= 4 is 0 Å². The lowest BCUT2D eigenvalue weighted by Crippen LogP contribution is -2.20. The molecule has 2 nitrogen and oxygen atoms in total. The summed E-state index contributed by atoms with van der Waals surface area (Å²) in [4.78, 5) is 0. The van der Waals surface area contributed by atoms with Gasteiger partial charge in [0.15, 0.2) is 0 Å². The van der Waals surface area contributed by atoms with Gasteiger partial charge in [0.05, 0.1) is 12.7 Å². The van der Waals surface area contributed by atoms with Crippen molar-refractivity contribution in [3.05, 3.63) is 11.6 Å². The standard InChI is InChI=1S/C11H22O2/c1-5-10(3)11(13-4)8-9(2)6-7-12/h6,10-12H,5,7-8H2,1-4H3/b9-6+. The maximum atomic E-state index is 8.70. The van der Waals surface area contributed by atoms with Crippen LogP contribution < -0.4 is 0 Å². The van der Waals surface area contributed by atoms with Crippen LogP contribution in [0, 0.1) is 5.92 Å². The Hall–Kier alpha value is -0.340. The normalized spacial score (nSPS) is 17.2. The van der Waals surface area contributed by atoms with Gasteiger partial charge < -0.3 is 9.84 Å². The number of ether oxygens (including phenoxy) is 1. The van der Waals surface area contributed by atoms with Gasteiger partial charge in [-0.2, -0.15) is 0 Å².